The van der Waals surface area contributed by atoms with Crippen molar-refractivity contribution >= 4 is 23.2 Å². The molecule has 0 unspecified atom stereocenters. The van der Waals surface area contributed by atoms with Crippen molar-refractivity contribution in [2.45, 2.75) is 34.1 Å². The van der Waals surface area contributed by atoms with Crippen LogP contribution in [0, 0.1) is 27.7 Å². The average molecular weight is 310 g/mol. The Balaban J connectivity index is 1.98. The fourth-order valence-corrected chi connectivity index (χ4v) is 2.29. The Hall–Kier alpha value is -2.62. The molecular weight excluding hydrogens is 288 g/mol. The highest BCUT2D eigenvalue weighted by molar-refractivity contribution is 6.08. The van der Waals surface area contributed by atoms with Crippen molar-refractivity contribution in [1.29, 1.82) is 0 Å². The van der Waals surface area contributed by atoms with Crippen molar-refractivity contribution in [3.63, 3.8) is 0 Å². The van der Waals surface area contributed by atoms with Gasteiger partial charge in [-0.2, -0.15) is 0 Å². The third-order valence-electron chi connectivity index (χ3n) is 3.87. The molecule has 0 spiro atoms. The van der Waals surface area contributed by atoms with E-state index >= 15 is 0 Å². The summed E-state index contributed by atoms with van der Waals surface area (Å²) in [6, 6.07) is 11.5. The second kappa shape index (κ2) is 7.09. The van der Waals surface area contributed by atoms with Gasteiger partial charge >= 0.3 is 0 Å². The third-order valence-corrected chi connectivity index (χ3v) is 3.87. The molecule has 0 fully saturated rings. The topological polar surface area (TPSA) is 58.2 Å². The van der Waals surface area contributed by atoms with Gasteiger partial charge in [0.25, 0.3) is 0 Å². The minimum atomic E-state index is -0.318. The number of amides is 2. The lowest BCUT2D eigenvalue weighted by molar-refractivity contribution is -0.123. The number of nitrogens with one attached hydrogen (secondary N) is 2. The Morgan fingerprint density at radius 3 is 2.17 bits per heavy atom. The Morgan fingerprint density at radius 1 is 0.826 bits per heavy atom. The summed E-state index contributed by atoms with van der Waals surface area (Å²) in [6.45, 7) is 7.81. The zero-order chi connectivity index (χ0) is 17.0. The molecule has 0 aliphatic rings. The highest BCUT2D eigenvalue weighted by Crippen LogP contribution is 2.19. The molecular formula is C19H22N2O2. The molecule has 2 aromatic rings. The maximum absolute atomic E-state index is 12.1. The molecule has 23 heavy (non-hydrogen) atoms. The summed E-state index contributed by atoms with van der Waals surface area (Å²) in [5.74, 6) is -0.636. The number of carbonyl (C=O) groups excluding carboxylic acids is 2. The van der Waals surface area contributed by atoms with Crippen molar-refractivity contribution in [3.8, 4) is 0 Å². The molecule has 0 bridgehead atoms. The Kier molecular flexibility index (Phi) is 5.16. The fraction of sp³-hybridized carbons (Fsp3) is 0.263. The van der Waals surface area contributed by atoms with Gasteiger partial charge in [-0.25, -0.2) is 0 Å². The zero-order valence-electron chi connectivity index (χ0n) is 14.0. The number of rotatable bonds is 4. The van der Waals surface area contributed by atoms with E-state index in [4.69, 9.17) is 0 Å². The molecule has 0 radical (unpaired) electrons. The van der Waals surface area contributed by atoms with E-state index in [0.29, 0.717) is 0 Å². The number of aryl methyl sites for hydroxylation is 3. The van der Waals surface area contributed by atoms with Gasteiger partial charge in [-0.1, -0.05) is 24.3 Å². The van der Waals surface area contributed by atoms with Crippen LogP contribution in [0.5, 0.6) is 0 Å². The Labute approximate surface area is 136 Å². The molecule has 0 atom stereocenters. The summed E-state index contributed by atoms with van der Waals surface area (Å²) in [5, 5.41) is 5.59. The summed E-state index contributed by atoms with van der Waals surface area (Å²) < 4.78 is 0. The van der Waals surface area contributed by atoms with E-state index in [1.165, 1.54) is 0 Å². The summed E-state index contributed by atoms with van der Waals surface area (Å²) in [6.07, 6.45) is -0.208. The van der Waals surface area contributed by atoms with E-state index in [1.807, 2.05) is 64.1 Å². The summed E-state index contributed by atoms with van der Waals surface area (Å²) >= 11 is 0. The van der Waals surface area contributed by atoms with E-state index in [-0.39, 0.29) is 18.2 Å². The van der Waals surface area contributed by atoms with Crippen molar-refractivity contribution in [3.05, 3.63) is 58.7 Å². The lowest BCUT2D eigenvalue weighted by atomic mass is 10.1. The summed E-state index contributed by atoms with van der Waals surface area (Å²) in [4.78, 5) is 24.1. The van der Waals surface area contributed by atoms with Gasteiger partial charge in [-0.15, -0.1) is 0 Å². The van der Waals surface area contributed by atoms with Gasteiger partial charge in [-0.3, -0.25) is 9.59 Å². The first-order valence-corrected chi connectivity index (χ1v) is 7.60. The molecule has 0 heterocycles. The van der Waals surface area contributed by atoms with Crippen molar-refractivity contribution in [2.75, 3.05) is 10.6 Å². The zero-order valence-corrected chi connectivity index (χ0v) is 14.0. The predicted molar refractivity (Wildman–Crippen MR) is 93.7 cm³/mol. The molecule has 2 amide bonds. The lowest BCUT2D eigenvalue weighted by Crippen LogP contribution is -2.22. The van der Waals surface area contributed by atoms with Crippen molar-refractivity contribution in [1.82, 2.24) is 0 Å². The highest BCUT2D eigenvalue weighted by atomic mass is 16.2. The molecule has 0 aliphatic carbocycles. The van der Waals surface area contributed by atoms with Crippen LogP contribution in [-0.4, -0.2) is 11.8 Å². The van der Waals surface area contributed by atoms with E-state index in [2.05, 4.69) is 10.6 Å². The van der Waals surface area contributed by atoms with E-state index < -0.39 is 0 Å². The second-order valence-corrected chi connectivity index (χ2v) is 5.84. The first-order chi connectivity index (χ1) is 10.9. The monoisotopic (exact) mass is 310 g/mol. The highest BCUT2D eigenvalue weighted by Gasteiger charge is 2.12. The van der Waals surface area contributed by atoms with Crippen LogP contribution in [0.4, 0.5) is 11.4 Å². The number of hydrogen-bond acceptors (Lipinski definition) is 2. The maximum Gasteiger partial charge on any atom is 0.233 e. The van der Waals surface area contributed by atoms with Crippen LogP contribution < -0.4 is 10.6 Å². The van der Waals surface area contributed by atoms with Crippen LogP contribution in [0.3, 0.4) is 0 Å². The molecule has 4 nitrogen and oxygen atoms in total. The van der Waals surface area contributed by atoms with Crippen LogP contribution >= 0.6 is 0 Å². The van der Waals surface area contributed by atoms with E-state index in [9.17, 15) is 9.59 Å². The standard InChI is InChI=1S/C19H22N2O2/c1-12-8-9-14(3)17(10-12)21-19(23)11-18(22)20-16-7-5-6-13(2)15(16)4/h5-10H,11H2,1-4H3,(H,20,22)(H,21,23). The first kappa shape index (κ1) is 16.7. The third kappa shape index (κ3) is 4.42. The maximum atomic E-state index is 12.1. The SMILES string of the molecule is Cc1ccc(C)c(NC(=O)CC(=O)Nc2cccc(C)c2C)c1. The number of carbonyl (C=O) groups is 2. The summed E-state index contributed by atoms with van der Waals surface area (Å²) in [7, 11) is 0. The summed E-state index contributed by atoms with van der Waals surface area (Å²) in [5.41, 5.74) is 5.63. The predicted octanol–water partition coefficient (Wildman–Crippen LogP) is 3.89. The van der Waals surface area contributed by atoms with Crippen molar-refractivity contribution < 1.29 is 9.59 Å². The normalized spacial score (nSPS) is 10.3. The molecule has 2 rings (SSSR count). The van der Waals surface area contributed by atoms with Crippen LogP contribution in [0.1, 0.15) is 28.7 Å². The van der Waals surface area contributed by atoms with Gasteiger partial charge in [0.15, 0.2) is 0 Å². The van der Waals surface area contributed by atoms with Crippen molar-refractivity contribution in [2.24, 2.45) is 0 Å². The van der Waals surface area contributed by atoms with Gasteiger partial charge in [0.1, 0.15) is 6.42 Å². The van der Waals surface area contributed by atoms with Crippen LogP contribution in [0.25, 0.3) is 0 Å². The molecule has 2 aromatic carbocycles. The lowest BCUT2D eigenvalue weighted by Gasteiger charge is -2.11. The quantitative estimate of drug-likeness (QED) is 0.842. The number of benzene rings is 2. The molecule has 0 aromatic heterocycles. The molecule has 0 saturated carbocycles. The Morgan fingerprint density at radius 2 is 1.48 bits per heavy atom. The van der Waals surface area contributed by atoms with Gasteiger partial charge in [0.2, 0.25) is 11.8 Å². The van der Waals surface area contributed by atoms with Crippen LogP contribution in [0.2, 0.25) is 0 Å². The number of anilines is 2. The molecule has 120 valence electrons. The first-order valence-electron chi connectivity index (χ1n) is 7.60. The minimum absolute atomic E-state index is 0.208. The van der Waals surface area contributed by atoms with E-state index in [1.54, 1.807) is 0 Å². The van der Waals surface area contributed by atoms with Gasteiger partial charge in [0, 0.05) is 11.4 Å². The van der Waals surface area contributed by atoms with E-state index in [0.717, 1.165) is 33.6 Å². The Bertz CT molecular complexity index is 737. The van der Waals surface area contributed by atoms with Gasteiger partial charge in [-0.05, 0) is 62.1 Å². The minimum Gasteiger partial charge on any atom is -0.325 e. The second-order valence-electron chi connectivity index (χ2n) is 5.84. The smallest absolute Gasteiger partial charge is 0.233 e. The average Bonchev–Trinajstić information content (AvgIpc) is 2.47. The molecule has 4 heteroatoms. The molecule has 2 N–H and O–H groups in total. The van der Waals surface area contributed by atoms with Gasteiger partial charge in [0.05, 0.1) is 0 Å². The van der Waals surface area contributed by atoms with Gasteiger partial charge < -0.3 is 10.6 Å². The number of hydrogen-bond donors (Lipinski definition) is 2. The molecule has 0 saturated heterocycles. The fourth-order valence-electron chi connectivity index (χ4n) is 2.29. The molecule has 0 aliphatic heterocycles. The van der Waals surface area contributed by atoms with Crippen LogP contribution in [-0.2, 0) is 9.59 Å². The van der Waals surface area contributed by atoms with Crippen LogP contribution in [0.15, 0.2) is 36.4 Å². The largest absolute Gasteiger partial charge is 0.325 e.